The number of Topliss-reactive ketones (excluding diaryl/α,β-unsaturated/α-hetero) is 2. The standard InChI is InChI=1S/C17H14O2/c1-11-7-3-6-10-14(11)17(2)15(18)12-8-4-5-9-13(12)16(17)19/h3-10H,1-2H3. The molecule has 0 fully saturated rings. The predicted molar refractivity (Wildman–Crippen MR) is 73.6 cm³/mol. The van der Waals surface area contributed by atoms with Crippen LogP contribution in [0.15, 0.2) is 48.5 Å². The van der Waals surface area contributed by atoms with Gasteiger partial charge in [0, 0.05) is 11.1 Å². The van der Waals surface area contributed by atoms with Gasteiger partial charge in [0.25, 0.3) is 0 Å². The molecule has 0 unspecified atom stereocenters. The van der Waals surface area contributed by atoms with Crippen molar-refractivity contribution >= 4 is 11.6 Å². The third kappa shape index (κ3) is 1.43. The number of carbonyl (C=O) groups excluding carboxylic acids is 2. The van der Waals surface area contributed by atoms with Crippen LogP contribution in [0.1, 0.15) is 38.8 Å². The van der Waals surface area contributed by atoms with E-state index in [1.165, 1.54) is 0 Å². The molecule has 0 saturated carbocycles. The summed E-state index contributed by atoms with van der Waals surface area (Å²) in [5, 5.41) is 0. The van der Waals surface area contributed by atoms with Crippen molar-refractivity contribution in [3.05, 3.63) is 70.8 Å². The molecule has 0 heterocycles. The molecule has 0 atom stereocenters. The van der Waals surface area contributed by atoms with Crippen LogP contribution in [0.3, 0.4) is 0 Å². The number of hydrogen-bond donors (Lipinski definition) is 0. The normalized spacial score (nSPS) is 16.5. The highest BCUT2D eigenvalue weighted by Gasteiger charge is 2.50. The molecule has 1 aliphatic carbocycles. The van der Waals surface area contributed by atoms with Gasteiger partial charge in [-0.05, 0) is 25.0 Å². The van der Waals surface area contributed by atoms with E-state index in [0.717, 1.165) is 11.1 Å². The van der Waals surface area contributed by atoms with Gasteiger partial charge < -0.3 is 0 Å². The molecule has 0 N–H and O–H groups in total. The van der Waals surface area contributed by atoms with Crippen LogP contribution in [0.2, 0.25) is 0 Å². The molecule has 1 aliphatic rings. The number of hydrogen-bond acceptors (Lipinski definition) is 2. The van der Waals surface area contributed by atoms with Gasteiger partial charge in [-0.25, -0.2) is 0 Å². The van der Waals surface area contributed by atoms with Crippen molar-refractivity contribution in [1.29, 1.82) is 0 Å². The molecule has 94 valence electrons. The summed E-state index contributed by atoms with van der Waals surface area (Å²) >= 11 is 0. The summed E-state index contributed by atoms with van der Waals surface area (Å²) in [5.74, 6) is -0.190. The number of aryl methyl sites for hydroxylation is 1. The molecule has 2 heteroatoms. The van der Waals surface area contributed by atoms with Crippen molar-refractivity contribution in [2.24, 2.45) is 0 Å². The van der Waals surface area contributed by atoms with Crippen LogP contribution >= 0.6 is 0 Å². The zero-order chi connectivity index (χ0) is 13.6. The Hall–Kier alpha value is -2.22. The quantitative estimate of drug-likeness (QED) is 0.727. The molecular formula is C17H14O2. The van der Waals surface area contributed by atoms with Gasteiger partial charge in [0.05, 0.1) is 0 Å². The highest BCUT2D eigenvalue weighted by atomic mass is 16.2. The lowest BCUT2D eigenvalue weighted by Crippen LogP contribution is -2.35. The first-order chi connectivity index (χ1) is 9.06. The summed E-state index contributed by atoms with van der Waals surface area (Å²) in [6.07, 6.45) is 0. The maximum Gasteiger partial charge on any atom is 0.181 e. The van der Waals surface area contributed by atoms with Gasteiger partial charge in [-0.15, -0.1) is 0 Å². The van der Waals surface area contributed by atoms with E-state index in [4.69, 9.17) is 0 Å². The zero-order valence-electron chi connectivity index (χ0n) is 10.9. The molecule has 0 spiro atoms. The summed E-state index contributed by atoms with van der Waals surface area (Å²) in [6, 6.07) is 14.7. The van der Waals surface area contributed by atoms with Crippen molar-refractivity contribution in [2.45, 2.75) is 19.3 Å². The Morgan fingerprint density at radius 2 is 1.26 bits per heavy atom. The van der Waals surface area contributed by atoms with Crippen LogP contribution in [0.5, 0.6) is 0 Å². The highest BCUT2D eigenvalue weighted by molar-refractivity contribution is 6.33. The number of carbonyl (C=O) groups is 2. The topological polar surface area (TPSA) is 34.1 Å². The SMILES string of the molecule is Cc1ccccc1C1(C)C(=O)c2ccccc2C1=O. The van der Waals surface area contributed by atoms with E-state index >= 15 is 0 Å². The minimum absolute atomic E-state index is 0.0950. The third-order valence-corrected chi connectivity index (χ3v) is 4.01. The fourth-order valence-corrected chi connectivity index (χ4v) is 2.90. The summed E-state index contributed by atoms with van der Waals surface area (Å²) < 4.78 is 0. The first-order valence-electron chi connectivity index (χ1n) is 6.31. The Morgan fingerprint density at radius 3 is 1.79 bits per heavy atom. The lowest BCUT2D eigenvalue weighted by molar-refractivity contribution is 0.0810. The molecule has 3 rings (SSSR count). The molecule has 0 saturated heterocycles. The van der Waals surface area contributed by atoms with E-state index < -0.39 is 5.41 Å². The van der Waals surface area contributed by atoms with Crippen LogP contribution in [-0.4, -0.2) is 11.6 Å². The van der Waals surface area contributed by atoms with E-state index in [1.807, 2.05) is 31.2 Å². The summed E-state index contributed by atoms with van der Waals surface area (Å²) in [5.41, 5.74) is 1.78. The van der Waals surface area contributed by atoms with E-state index in [0.29, 0.717) is 11.1 Å². The second-order valence-corrected chi connectivity index (χ2v) is 5.14. The Bertz CT molecular complexity index is 663. The lowest BCUT2D eigenvalue weighted by atomic mass is 9.76. The molecule has 0 aliphatic heterocycles. The monoisotopic (exact) mass is 250 g/mol. The lowest BCUT2D eigenvalue weighted by Gasteiger charge is -2.22. The Kier molecular flexibility index (Phi) is 2.42. The third-order valence-electron chi connectivity index (χ3n) is 4.01. The molecule has 0 aromatic heterocycles. The Morgan fingerprint density at radius 1 is 0.789 bits per heavy atom. The number of rotatable bonds is 1. The van der Waals surface area contributed by atoms with Gasteiger partial charge in [-0.2, -0.15) is 0 Å². The van der Waals surface area contributed by atoms with E-state index in [1.54, 1.807) is 31.2 Å². The zero-order valence-corrected chi connectivity index (χ0v) is 10.9. The van der Waals surface area contributed by atoms with Gasteiger partial charge in [-0.3, -0.25) is 9.59 Å². The average molecular weight is 250 g/mol. The smallest absolute Gasteiger partial charge is 0.181 e. The van der Waals surface area contributed by atoms with Crippen molar-refractivity contribution < 1.29 is 9.59 Å². The summed E-state index contributed by atoms with van der Waals surface area (Å²) in [4.78, 5) is 25.3. The van der Waals surface area contributed by atoms with Crippen molar-refractivity contribution in [3.63, 3.8) is 0 Å². The Balaban J connectivity index is 2.26. The molecule has 19 heavy (non-hydrogen) atoms. The fraction of sp³-hybridized carbons (Fsp3) is 0.176. The number of benzene rings is 2. The fourth-order valence-electron chi connectivity index (χ4n) is 2.90. The van der Waals surface area contributed by atoms with Crippen molar-refractivity contribution in [1.82, 2.24) is 0 Å². The van der Waals surface area contributed by atoms with E-state index in [9.17, 15) is 9.59 Å². The average Bonchev–Trinajstić information content (AvgIpc) is 2.63. The van der Waals surface area contributed by atoms with Gasteiger partial charge in [-0.1, -0.05) is 48.5 Å². The van der Waals surface area contributed by atoms with Crippen LogP contribution in [-0.2, 0) is 5.41 Å². The maximum absolute atomic E-state index is 12.7. The highest BCUT2D eigenvalue weighted by Crippen LogP contribution is 2.40. The first kappa shape index (κ1) is 11.8. The first-order valence-corrected chi connectivity index (χ1v) is 6.31. The second kappa shape index (κ2) is 3.89. The largest absolute Gasteiger partial charge is 0.293 e. The molecule has 2 aromatic carbocycles. The maximum atomic E-state index is 12.7. The number of ketones is 2. The van der Waals surface area contributed by atoms with Crippen LogP contribution in [0, 0.1) is 6.92 Å². The molecule has 0 bridgehead atoms. The molecule has 0 amide bonds. The predicted octanol–water partition coefficient (Wildman–Crippen LogP) is 3.33. The number of fused-ring (bicyclic) bond motifs is 1. The van der Waals surface area contributed by atoms with Crippen LogP contribution in [0.4, 0.5) is 0 Å². The second-order valence-electron chi connectivity index (χ2n) is 5.14. The molecule has 2 aromatic rings. The van der Waals surface area contributed by atoms with Gasteiger partial charge in [0.1, 0.15) is 5.41 Å². The minimum atomic E-state index is -1.07. The van der Waals surface area contributed by atoms with Gasteiger partial charge in [0.2, 0.25) is 0 Å². The van der Waals surface area contributed by atoms with Gasteiger partial charge in [0.15, 0.2) is 11.6 Å². The van der Waals surface area contributed by atoms with Crippen LogP contribution in [0.25, 0.3) is 0 Å². The summed E-state index contributed by atoms with van der Waals surface area (Å²) in [7, 11) is 0. The molecule has 2 nitrogen and oxygen atoms in total. The summed E-state index contributed by atoms with van der Waals surface area (Å²) in [6.45, 7) is 3.67. The molecular weight excluding hydrogens is 236 g/mol. The molecule has 0 radical (unpaired) electrons. The van der Waals surface area contributed by atoms with Gasteiger partial charge >= 0.3 is 0 Å². The van der Waals surface area contributed by atoms with Crippen molar-refractivity contribution in [3.8, 4) is 0 Å². The Labute approximate surface area is 112 Å². The van der Waals surface area contributed by atoms with Crippen molar-refractivity contribution in [2.75, 3.05) is 0 Å². The van der Waals surface area contributed by atoms with E-state index in [-0.39, 0.29) is 11.6 Å². The minimum Gasteiger partial charge on any atom is -0.293 e. The van der Waals surface area contributed by atoms with Crippen LogP contribution < -0.4 is 0 Å². The van der Waals surface area contributed by atoms with E-state index in [2.05, 4.69) is 0 Å².